The van der Waals surface area contributed by atoms with Crippen molar-refractivity contribution in [2.75, 3.05) is 43.4 Å². The Hall–Kier alpha value is -2.38. The van der Waals surface area contributed by atoms with E-state index >= 15 is 0 Å². The summed E-state index contributed by atoms with van der Waals surface area (Å²) in [4.78, 5) is 12.6. The van der Waals surface area contributed by atoms with Gasteiger partial charge in [-0.3, -0.25) is 4.90 Å². The van der Waals surface area contributed by atoms with Crippen LogP contribution in [-0.2, 0) is 13.0 Å². The fraction of sp³-hybridized carbons (Fsp3) is 0.444. The van der Waals surface area contributed by atoms with Crippen molar-refractivity contribution in [3.63, 3.8) is 0 Å². The molecule has 1 saturated heterocycles. The largest absolute Gasteiger partial charge is 0.493 e. The van der Waals surface area contributed by atoms with Crippen molar-refractivity contribution in [1.82, 2.24) is 14.9 Å². The number of rotatable bonds is 3. The molecule has 132 valence electrons. The average Bonchev–Trinajstić information content (AvgIpc) is 2.98. The summed E-state index contributed by atoms with van der Waals surface area (Å²) >= 11 is 0. The lowest BCUT2D eigenvalue weighted by Gasteiger charge is -2.22. The molecule has 2 aliphatic rings. The molecule has 0 saturated carbocycles. The molecule has 0 radical (unpaired) electrons. The van der Waals surface area contributed by atoms with E-state index in [1.54, 1.807) is 6.07 Å². The molecule has 25 heavy (non-hydrogen) atoms. The molecule has 0 bridgehead atoms. The highest BCUT2D eigenvalue weighted by atomic mass is 16.5. The molecule has 0 aliphatic carbocycles. The molecule has 1 fully saturated rings. The summed E-state index contributed by atoms with van der Waals surface area (Å²) in [6, 6.07) is 8.15. The summed E-state index contributed by atoms with van der Waals surface area (Å²) in [6.07, 6.45) is 2.01. The normalized spacial score (nSPS) is 20.8. The lowest BCUT2D eigenvalue weighted by molar-refractivity contribution is 0.129. The number of fused-ring (bicyclic) bond motifs is 1. The van der Waals surface area contributed by atoms with E-state index in [2.05, 4.69) is 38.0 Å². The van der Waals surface area contributed by atoms with Gasteiger partial charge in [0.2, 0.25) is 0 Å². The quantitative estimate of drug-likeness (QED) is 0.849. The predicted molar refractivity (Wildman–Crippen MR) is 95.6 cm³/mol. The van der Waals surface area contributed by atoms with Gasteiger partial charge >= 0.3 is 0 Å². The zero-order valence-electron chi connectivity index (χ0n) is 14.1. The van der Waals surface area contributed by atoms with Crippen LogP contribution in [0.15, 0.2) is 30.6 Å². The van der Waals surface area contributed by atoms with Crippen LogP contribution in [0.5, 0.6) is 5.75 Å². The van der Waals surface area contributed by atoms with Gasteiger partial charge in [0.05, 0.1) is 12.7 Å². The minimum absolute atomic E-state index is 0.434. The van der Waals surface area contributed by atoms with Crippen LogP contribution in [0.25, 0.3) is 0 Å². The molecule has 3 N–H and O–H groups in total. The van der Waals surface area contributed by atoms with Gasteiger partial charge in [-0.25, -0.2) is 9.97 Å². The zero-order chi connectivity index (χ0) is 17.2. The zero-order valence-corrected chi connectivity index (χ0v) is 14.1. The third kappa shape index (κ3) is 3.67. The molecule has 1 unspecified atom stereocenters. The minimum Gasteiger partial charge on any atom is -0.493 e. The van der Waals surface area contributed by atoms with Crippen LogP contribution in [0.4, 0.5) is 11.6 Å². The van der Waals surface area contributed by atoms with E-state index in [4.69, 9.17) is 10.5 Å². The Labute approximate surface area is 147 Å². The molecule has 2 aromatic rings. The van der Waals surface area contributed by atoms with Gasteiger partial charge in [0.15, 0.2) is 0 Å². The Bertz CT molecular complexity index is 754. The Morgan fingerprint density at radius 2 is 2.12 bits per heavy atom. The number of hydrogen-bond donors (Lipinski definition) is 2. The number of aliphatic hydroxyl groups is 1. The summed E-state index contributed by atoms with van der Waals surface area (Å²) in [5.41, 5.74) is 8.30. The molecule has 1 atom stereocenters. The Balaban J connectivity index is 1.44. The van der Waals surface area contributed by atoms with E-state index in [0.29, 0.717) is 18.9 Å². The summed E-state index contributed by atoms with van der Waals surface area (Å²) in [7, 11) is 0. The van der Waals surface area contributed by atoms with E-state index in [1.165, 1.54) is 17.5 Å². The standard InChI is InChI=1S/C18H23N5O2/c19-17-8-18(21-12-20-17)23-5-4-22(10-15(24)11-23)9-13-1-2-16-14(7-13)3-6-25-16/h1-2,7-8,12,15,24H,3-6,9-11H2,(H2,19,20,21). The van der Waals surface area contributed by atoms with Crippen LogP contribution >= 0.6 is 0 Å². The topological polar surface area (TPSA) is 87.7 Å². The second kappa shape index (κ2) is 6.85. The summed E-state index contributed by atoms with van der Waals surface area (Å²) < 4.78 is 5.57. The van der Waals surface area contributed by atoms with Gasteiger partial charge in [0.1, 0.15) is 23.7 Å². The summed E-state index contributed by atoms with van der Waals surface area (Å²) in [5, 5.41) is 10.4. The van der Waals surface area contributed by atoms with E-state index in [-0.39, 0.29) is 0 Å². The van der Waals surface area contributed by atoms with Crippen LogP contribution in [0.1, 0.15) is 11.1 Å². The first-order chi connectivity index (χ1) is 12.2. The Kier molecular flexibility index (Phi) is 4.42. The van der Waals surface area contributed by atoms with Crippen LogP contribution in [0, 0.1) is 0 Å². The number of β-amino-alcohol motifs (C(OH)–C–C–N with tert-alkyl or cyclic N) is 1. The van der Waals surface area contributed by atoms with Crippen molar-refractivity contribution in [3.05, 3.63) is 41.7 Å². The van der Waals surface area contributed by atoms with E-state index in [1.807, 2.05) is 0 Å². The number of hydrogen-bond acceptors (Lipinski definition) is 7. The molecule has 0 spiro atoms. The van der Waals surface area contributed by atoms with Crippen molar-refractivity contribution in [3.8, 4) is 5.75 Å². The predicted octanol–water partition coefficient (Wildman–Crippen LogP) is 0.677. The van der Waals surface area contributed by atoms with Crippen molar-refractivity contribution in [2.45, 2.75) is 19.1 Å². The number of benzene rings is 1. The van der Waals surface area contributed by atoms with Crippen LogP contribution in [0.3, 0.4) is 0 Å². The second-order valence-corrected chi connectivity index (χ2v) is 6.68. The highest BCUT2D eigenvalue weighted by Crippen LogP contribution is 2.26. The van der Waals surface area contributed by atoms with E-state index < -0.39 is 6.10 Å². The van der Waals surface area contributed by atoms with Gasteiger partial charge in [0.25, 0.3) is 0 Å². The molecule has 1 aromatic heterocycles. The second-order valence-electron chi connectivity index (χ2n) is 6.68. The smallest absolute Gasteiger partial charge is 0.134 e. The number of aromatic nitrogens is 2. The first kappa shape index (κ1) is 16.1. The number of nitrogen functional groups attached to an aromatic ring is 1. The molecule has 3 heterocycles. The van der Waals surface area contributed by atoms with E-state index in [9.17, 15) is 5.11 Å². The molecule has 7 nitrogen and oxygen atoms in total. The summed E-state index contributed by atoms with van der Waals surface area (Å²) in [6.45, 7) is 4.44. The number of nitrogens with zero attached hydrogens (tertiary/aromatic N) is 4. The Morgan fingerprint density at radius 3 is 3.00 bits per heavy atom. The van der Waals surface area contributed by atoms with Gasteiger partial charge in [-0.1, -0.05) is 12.1 Å². The van der Waals surface area contributed by atoms with Crippen molar-refractivity contribution >= 4 is 11.6 Å². The highest BCUT2D eigenvalue weighted by molar-refractivity contribution is 5.46. The number of anilines is 2. The minimum atomic E-state index is -0.434. The third-order valence-electron chi connectivity index (χ3n) is 4.74. The van der Waals surface area contributed by atoms with Gasteiger partial charge < -0.3 is 20.5 Å². The van der Waals surface area contributed by atoms with Crippen molar-refractivity contribution in [1.29, 1.82) is 0 Å². The first-order valence-electron chi connectivity index (χ1n) is 8.65. The van der Waals surface area contributed by atoms with Crippen LogP contribution in [-0.4, -0.2) is 58.9 Å². The number of ether oxygens (including phenoxy) is 1. The Morgan fingerprint density at radius 1 is 1.20 bits per heavy atom. The molecule has 2 aliphatic heterocycles. The number of aliphatic hydroxyl groups excluding tert-OH is 1. The van der Waals surface area contributed by atoms with E-state index in [0.717, 1.165) is 44.2 Å². The molecule has 4 rings (SSSR count). The fourth-order valence-electron chi connectivity index (χ4n) is 3.54. The fourth-order valence-corrected chi connectivity index (χ4v) is 3.54. The van der Waals surface area contributed by atoms with Gasteiger partial charge in [0, 0.05) is 45.2 Å². The van der Waals surface area contributed by atoms with Crippen LogP contribution in [0.2, 0.25) is 0 Å². The monoisotopic (exact) mass is 341 g/mol. The molecular formula is C18H23N5O2. The lowest BCUT2D eigenvalue weighted by Crippen LogP contribution is -2.33. The van der Waals surface area contributed by atoms with Crippen LogP contribution < -0.4 is 15.4 Å². The lowest BCUT2D eigenvalue weighted by atomic mass is 10.1. The highest BCUT2D eigenvalue weighted by Gasteiger charge is 2.23. The average molecular weight is 341 g/mol. The van der Waals surface area contributed by atoms with Gasteiger partial charge in [-0.05, 0) is 17.2 Å². The molecular weight excluding hydrogens is 318 g/mol. The maximum absolute atomic E-state index is 10.4. The maximum atomic E-state index is 10.4. The van der Waals surface area contributed by atoms with Crippen molar-refractivity contribution in [2.24, 2.45) is 0 Å². The third-order valence-corrected chi connectivity index (χ3v) is 4.74. The molecule has 7 heteroatoms. The van der Waals surface area contributed by atoms with Crippen molar-refractivity contribution < 1.29 is 9.84 Å². The van der Waals surface area contributed by atoms with Gasteiger partial charge in [-0.15, -0.1) is 0 Å². The number of nitrogens with two attached hydrogens (primary N) is 1. The molecule has 0 amide bonds. The first-order valence-corrected chi connectivity index (χ1v) is 8.65. The molecule has 1 aromatic carbocycles. The summed E-state index contributed by atoms with van der Waals surface area (Å²) in [5.74, 6) is 2.22. The van der Waals surface area contributed by atoms with Gasteiger partial charge in [-0.2, -0.15) is 0 Å². The maximum Gasteiger partial charge on any atom is 0.134 e. The SMILES string of the molecule is Nc1cc(N2CCN(Cc3ccc4c(c3)CCO4)CC(O)C2)ncn1.